The number of hydrazine groups is 1. The molecule has 0 aliphatic carbocycles. The molecule has 2 aliphatic rings. The number of nitrogens with zero attached hydrogens (tertiary/aromatic N) is 2. The van der Waals surface area contributed by atoms with Crippen molar-refractivity contribution in [2.45, 2.75) is 18.6 Å². The van der Waals surface area contributed by atoms with E-state index >= 15 is 0 Å². The summed E-state index contributed by atoms with van der Waals surface area (Å²) in [6.07, 6.45) is 1.32. The maximum absolute atomic E-state index is 12.6. The van der Waals surface area contributed by atoms with Crippen LogP contribution in [0.5, 0.6) is 0 Å². The van der Waals surface area contributed by atoms with Gasteiger partial charge in [-0.15, -0.1) is 0 Å². The molecule has 6 heteroatoms. The van der Waals surface area contributed by atoms with Crippen LogP contribution in [0, 0.1) is 0 Å². The quantitative estimate of drug-likeness (QED) is 0.872. The van der Waals surface area contributed by atoms with E-state index in [1.807, 2.05) is 23.1 Å². The highest BCUT2D eigenvalue weighted by molar-refractivity contribution is 6.30. The van der Waals surface area contributed by atoms with E-state index in [0.717, 1.165) is 32.6 Å². The molecule has 5 nitrogen and oxygen atoms in total. The fraction of sp³-hybridized carbons (Fsp3) is 0.350. The van der Waals surface area contributed by atoms with E-state index in [2.05, 4.69) is 40.0 Å². The van der Waals surface area contributed by atoms with Crippen LogP contribution < -0.4 is 10.9 Å². The summed E-state index contributed by atoms with van der Waals surface area (Å²) in [7, 11) is 0. The number of carbonyl (C=O) groups is 1. The zero-order chi connectivity index (χ0) is 17.9. The molecule has 2 unspecified atom stereocenters. The lowest BCUT2D eigenvalue weighted by atomic mass is 10.0. The fourth-order valence-electron chi connectivity index (χ4n) is 3.72. The van der Waals surface area contributed by atoms with Crippen molar-refractivity contribution in [1.82, 2.24) is 20.7 Å². The van der Waals surface area contributed by atoms with E-state index in [1.165, 1.54) is 5.56 Å². The molecule has 1 amide bonds. The third-order valence-electron chi connectivity index (χ3n) is 5.20. The van der Waals surface area contributed by atoms with Crippen LogP contribution in [-0.4, -0.2) is 48.1 Å². The second-order valence-electron chi connectivity index (χ2n) is 6.84. The summed E-state index contributed by atoms with van der Waals surface area (Å²) < 4.78 is 0. The van der Waals surface area contributed by atoms with Gasteiger partial charge in [0.25, 0.3) is 5.91 Å². The molecule has 2 aromatic rings. The Balaban J connectivity index is 1.32. The van der Waals surface area contributed by atoms with Gasteiger partial charge in [-0.3, -0.25) is 9.69 Å². The Labute approximate surface area is 158 Å². The van der Waals surface area contributed by atoms with Crippen molar-refractivity contribution in [2.24, 2.45) is 0 Å². The van der Waals surface area contributed by atoms with Crippen LogP contribution in [0.4, 0.5) is 0 Å². The number of halogens is 1. The highest BCUT2D eigenvalue weighted by Gasteiger charge is 2.32. The first kappa shape index (κ1) is 17.5. The van der Waals surface area contributed by atoms with Crippen LogP contribution in [0.1, 0.15) is 28.4 Å². The minimum atomic E-state index is 0.0619. The van der Waals surface area contributed by atoms with Gasteiger partial charge in [0.05, 0.1) is 6.17 Å². The van der Waals surface area contributed by atoms with Gasteiger partial charge in [0.1, 0.15) is 0 Å². The average molecular weight is 371 g/mol. The zero-order valence-electron chi connectivity index (χ0n) is 14.6. The number of benzene rings is 2. The van der Waals surface area contributed by atoms with Crippen LogP contribution in [-0.2, 0) is 0 Å². The van der Waals surface area contributed by atoms with E-state index in [-0.39, 0.29) is 5.91 Å². The molecule has 2 N–H and O–H groups in total. The molecule has 2 aromatic carbocycles. The van der Waals surface area contributed by atoms with E-state index in [0.29, 0.717) is 22.8 Å². The Bertz CT molecular complexity index is 761. The Hall–Kier alpha value is -1.92. The summed E-state index contributed by atoms with van der Waals surface area (Å²) in [5.41, 5.74) is 8.78. The van der Waals surface area contributed by atoms with Crippen molar-refractivity contribution in [3.05, 3.63) is 70.7 Å². The largest absolute Gasteiger partial charge is 0.336 e. The van der Waals surface area contributed by atoms with Gasteiger partial charge < -0.3 is 4.90 Å². The molecule has 0 radical (unpaired) electrons. The van der Waals surface area contributed by atoms with Gasteiger partial charge in [0.2, 0.25) is 0 Å². The van der Waals surface area contributed by atoms with Gasteiger partial charge in [-0.25, -0.2) is 10.9 Å². The zero-order valence-corrected chi connectivity index (χ0v) is 15.3. The maximum Gasteiger partial charge on any atom is 0.253 e. The topological polar surface area (TPSA) is 47.6 Å². The van der Waals surface area contributed by atoms with Gasteiger partial charge in [0, 0.05) is 42.8 Å². The molecule has 0 aromatic heterocycles. The van der Waals surface area contributed by atoms with Crippen LogP contribution >= 0.6 is 11.6 Å². The van der Waals surface area contributed by atoms with Gasteiger partial charge in [-0.05, 0) is 30.2 Å². The summed E-state index contributed by atoms with van der Waals surface area (Å²) in [4.78, 5) is 17.0. The Kier molecular flexibility index (Phi) is 5.22. The third kappa shape index (κ3) is 3.76. The number of carbonyl (C=O) groups excluding carboxylic acids is 1. The highest BCUT2D eigenvalue weighted by atomic mass is 35.5. The smallest absolute Gasteiger partial charge is 0.253 e. The maximum atomic E-state index is 12.6. The summed E-state index contributed by atoms with van der Waals surface area (Å²) in [5, 5.41) is 0.600. The molecule has 2 aliphatic heterocycles. The molecule has 26 heavy (non-hydrogen) atoms. The molecule has 0 saturated carbocycles. The molecule has 0 spiro atoms. The summed E-state index contributed by atoms with van der Waals surface area (Å²) >= 11 is 6.01. The van der Waals surface area contributed by atoms with Crippen molar-refractivity contribution in [3.63, 3.8) is 0 Å². The number of nitrogens with one attached hydrogen (secondary N) is 2. The monoisotopic (exact) mass is 370 g/mol. The molecule has 4 rings (SSSR count). The Morgan fingerprint density at radius 3 is 2.46 bits per heavy atom. The predicted molar refractivity (Wildman–Crippen MR) is 103 cm³/mol. The van der Waals surface area contributed by atoms with Crippen molar-refractivity contribution in [1.29, 1.82) is 0 Å². The number of rotatable bonds is 3. The van der Waals surface area contributed by atoms with Crippen LogP contribution in [0.25, 0.3) is 0 Å². The second-order valence-corrected chi connectivity index (χ2v) is 7.28. The van der Waals surface area contributed by atoms with Gasteiger partial charge >= 0.3 is 0 Å². The van der Waals surface area contributed by atoms with Crippen molar-refractivity contribution in [3.8, 4) is 0 Å². The Morgan fingerprint density at radius 2 is 1.73 bits per heavy atom. The molecular weight excluding hydrogens is 348 g/mol. The number of amides is 1. The van der Waals surface area contributed by atoms with E-state index < -0.39 is 0 Å². The lowest BCUT2D eigenvalue weighted by Crippen LogP contribution is -2.55. The lowest BCUT2D eigenvalue weighted by Gasteiger charge is -2.37. The molecule has 0 bridgehead atoms. The molecule has 2 atom stereocenters. The van der Waals surface area contributed by atoms with Crippen molar-refractivity contribution in [2.75, 3.05) is 26.2 Å². The molecule has 2 heterocycles. The van der Waals surface area contributed by atoms with E-state index in [9.17, 15) is 4.79 Å². The van der Waals surface area contributed by atoms with Gasteiger partial charge in [0.15, 0.2) is 0 Å². The average Bonchev–Trinajstić information content (AvgIpc) is 3.18. The molecule has 136 valence electrons. The summed E-state index contributed by atoms with van der Waals surface area (Å²) in [6, 6.07) is 18.0. The minimum absolute atomic E-state index is 0.0619. The van der Waals surface area contributed by atoms with Crippen molar-refractivity contribution < 1.29 is 4.79 Å². The highest BCUT2D eigenvalue weighted by Crippen LogP contribution is 2.24. The Morgan fingerprint density at radius 1 is 0.962 bits per heavy atom. The predicted octanol–water partition coefficient (Wildman–Crippen LogP) is 2.66. The number of hydrogen-bond donors (Lipinski definition) is 2. The lowest BCUT2D eigenvalue weighted by molar-refractivity contribution is 0.0545. The fourth-order valence-corrected chi connectivity index (χ4v) is 3.91. The van der Waals surface area contributed by atoms with Crippen LogP contribution in [0.2, 0.25) is 5.02 Å². The van der Waals surface area contributed by atoms with Crippen LogP contribution in [0.3, 0.4) is 0 Å². The second kappa shape index (κ2) is 7.76. The SMILES string of the molecule is O=C(c1cccc(Cl)c1)N1CCN(C2CC(c3ccccc3)NN2)CC1. The minimum Gasteiger partial charge on any atom is -0.336 e. The van der Waals surface area contributed by atoms with Gasteiger partial charge in [-0.2, -0.15) is 0 Å². The summed E-state index contributed by atoms with van der Waals surface area (Å²) in [5.74, 6) is 0.0619. The summed E-state index contributed by atoms with van der Waals surface area (Å²) in [6.45, 7) is 3.21. The molecule has 2 saturated heterocycles. The normalized spacial score (nSPS) is 24.0. The standard InChI is InChI=1S/C20H23ClN4O/c21-17-8-4-7-16(13-17)20(26)25-11-9-24(10-12-25)19-14-18(22-23-19)15-5-2-1-3-6-15/h1-8,13,18-19,22-23H,9-12,14H2. The van der Waals surface area contributed by atoms with Crippen LogP contribution in [0.15, 0.2) is 54.6 Å². The van der Waals surface area contributed by atoms with E-state index in [1.54, 1.807) is 12.1 Å². The first-order valence-electron chi connectivity index (χ1n) is 9.05. The first-order valence-corrected chi connectivity index (χ1v) is 9.43. The van der Waals surface area contributed by atoms with Gasteiger partial charge in [-0.1, -0.05) is 48.0 Å². The number of hydrogen-bond acceptors (Lipinski definition) is 4. The first-order chi connectivity index (χ1) is 12.7. The third-order valence-corrected chi connectivity index (χ3v) is 5.43. The van der Waals surface area contributed by atoms with E-state index in [4.69, 9.17) is 11.6 Å². The van der Waals surface area contributed by atoms with Crippen molar-refractivity contribution >= 4 is 17.5 Å². The number of piperazine rings is 1. The molecular formula is C20H23ClN4O. The molecule has 2 fully saturated rings.